The molecule has 2 aliphatic rings. The fourth-order valence-electron chi connectivity index (χ4n) is 2.78. The second-order valence-corrected chi connectivity index (χ2v) is 5.48. The van der Waals surface area contributed by atoms with Gasteiger partial charge in [-0.25, -0.2) is 0 Å². The molecule has 2 rings (SSSR count). The maximum Gasteiger partial charge on any atom is 0.406 e. The molecule has 0 saturated carbocycles. The summed E-state index contributed by atoms with van der Waals surface area (Å²) in [5.74, 6) is -1.53. The highest BCUT2D eigenvalue weighted by molar-refractivity contribution is 5.89. The summed E-state index contributed by atoms with van der Waals surface area (Å²) in [5.41, 5.74) is 5.78. The summed E-state index contributed by atoms with van der Waals surface area (Å²) in [5, 5.41) is 0. The van der Waals surface area contributed by atoms with E-state index in [0.717, 1.165) is 12.8 Å². The summed E-state index contributed by atoms with van der Waals surface area (Å²) in [6.45, 7) is -0.447. The van der Waals surface area contributed by atoms with Crippen molar-refractivity contribution in [2.45, 2.75) is 31.5 Å². The average Bonchev–Trinajstić information content (AvgIpc) is 2.68. The van der Waals surface area contributed by atoms with E-state index in [-0.39, 0.29) is 24.9 Å². The first kappa shape index (κ1) is 15.1. The van der Waals surface area contributed by atoms with E-state index in [9.17, 15) is 22.8 Å². The number of alkyl halides is 3. The van der Waals surface area contributed by atoms with Crippen molar-refractivity contribution in [1.82, 2.24) is 9.80 Å². The predicted molar refractivity (Wildman–Crippen MR) is 64.5 cm³/mol. The average molecular weight is 293 g/mol. The Morgan fingerprint density at radius 1 is 1.35 bits per heavy atom. The predicted octanol–water partition coefficient (Wildman–Crippen LogP) is 0.347. The van der Waals surface area contributed by atoms with Crippen LogP contribution < -0.4 is 5.73 Å². The van der Waals surface area contributed by atoms with Crippen molar-refractivity contribution in [2.75, 3.05) is 26.2 Å². The van der Waals surface area contributed by atoms with E-state index in [2.05, 4.69) is 0 Å². The molecule has 2 amide bonds. The lowest BCUT2D eigenvalue weighted by molar-refractivity contribution is -0.157. The second-order valence-electron chi connectivity index (χ2n) is 5.48. The van der Waals surface area contributed by atoms with Crippen LogP contribution in [0.25, 0.3) is 0 Å². The van der Waals surface area contributed by atoms with Crippen molar-refractivity contribution in [3.8, 4) is 0 Å². The van der Waals surface area contributed by atoms with Crippen molar-refractivity contribution in [1.29, 1.82) is 0 Å². The normalized spacial score (nSPS) is 28.1. The molecular formula is C12H18F3N3O2. The lowest BCUT2D eigenvalue weighted by Crippen LogP contribution is -2.48. The first-order valence-corrected chi connectivity index (χ1v) is 6.65. The summed E-state index contributed by atoms with van der Waals surface area (Å²) in [7, 11) is 0. The second kappa shape index (κ2) is 5.59. The van der Waals surface area contributed by atoms with Crippen molar-refractivity contribution in [2.24, 2.45) is 11.7 Å². The van der Waals surface area contributed by atoms with Gasteiger partial charge in [-0.1, -0.05) is 0 Å². The smallest absolute Gasteiger partial charge is 0.341 e. The van der Waals surface area contributed by atoms with E-state index in [1.54, 1.807) is 4.90 Å². The Morgan fingerprint density at radius 2 is 2.05 bits per heavy atom. The Kier molecular flexibility index (Phi) is 4.22. The number of piperidine rings is 1. The number of halogens is 3. The van der Waals surface area contributed by atoms with Crippen LogP contribution >= 0.6 is 0 Å². The molecular weight excluding hydrogens is 275 g/mol. The topological polar surface area (TPSA) is 66.6 Å². The lowest BCUT2D eigenvalue weighted by Gasteiger charge is -2.32. The van der Waals surface area contributed by atoms with Crippen LogP contribution in [-0.2, 0) is 9.59 Å². The minimum Gasteiger partial charge on any atom is -0.341 e. The van der Waals surface area contributed by atoms with Crippen molar-refractivity contribution >= 4 is 11.8 Å². The number of likely N-dealkylation sites (tertiary alicyclic amines) is 2. The standard InChI is InChI=1S/C12H18F3N3O2/c13-12(14,15)7-18-5-8(4-10(18)19)11(20)17-3-1-2-9(16)6-17/h8-9H,1-7,16H2/t8-,9+/m0/s1. The van der Waals surface area contributed by atoms with E-state index in [1.165, 1.54) is 0 Å². The summed E-state index contributed by atoms with van der Waals surface area (Å²) in [6, 6.07) is -0.0870. The van der Waals surface area contributed by atoms with Crippen LogP contribution in [0, 0.1) is 5.92 Å². The molecule has 2 fully saturated rings. The molecule has 0 unspecified atom stereocenters. The zero-order valence-electron chi connectivity index (χ0n) is 11.0. The van der Waals surface area contributed by atoms with Crippen LogP contribution in [-0.4, -0.2) is 60.0 Å². The molecule has 0 spiro atoms. The Labute approximate surface area is 114 Å². The molecule has 0 bridgehead atoms. The van der Waals surface area contributed by atoms with Crippen LogP contribution in [0.1, 0.15) is 19.3 Å². The third kappa shape index (κ3) is 3.62. The molecule has 5 nitrogen and oxygen atoms in total. The van der Waals surface area contributed by atoms with Gasteiger partial charge in [-0.3, -0.25) is 9.59 Å². The number of nitrogens with two attached hydrogens (primary N) is 1. The van der Waals surface area contributed by atoms with Gasteiger partial charge < -0.3 is 15.5 Å². The quantitative estimate of drug-likeness (QED) is 0.799. The van der Waals surface area contributed by atoms with Gasteiger partial charge in [-0.05, 0) is 12.8 Å². The number of rotatable bonds is 2. The summed E-state index contributed by atoms with van der Waals surface area (Å²) in [6.07, 6.45) is -2.94. The third-order valence-corrected chi connectivity index (χ3v) is 3.70. The van der Waals surface area contributed by atoms with Crippen molar-refractivity contribution in [3.05, 3.63) is 0 Å². The third-order valence-electron chi connectivity index (χ3n) is 3.70. The van der Waals surface area contributed by atoms with Crippen LogP contribution in [0.2, 0.25) is 0 Å². The van der Waals surface area contributed by atoms with Crippen LogP contribution in [0.15, 0.2) is 0 Å². The number of carbonyl (C=O) groups is 2. The number of carbonyl (C=O) groups excluding carboxylic acids is 2. The highest BCUT2D eigenvalue weighted by atomic mass is 19.4. The number of hydrogen-bond donors (Lipinski definition) is 1. The summed E-state index contributed by atoms with van der Waals surface area (Å²) < 4.78 is 36.9. The Hall–Kier alpha value is -1.31. The van der Waals surface area contributed by atoms with Crippen molar-refractivity contribution < 1.29 is 22.8 Å². The van der Waals surface area contributed by atoms with Crippen LogP contribution in [0.3, 0.4) is 0 Å². The van der Waals surface area contributed by atoms with Gasteiger partial charge in [0.15, 0.2) is 0 Å². The highest BCUT2D eigenvalue weighted by Gasteiger charge is 2.42. The fourth-order valence-corrected chi connectivity index (χ4v) is 2.78. The number of nitrogens with zero attached hydrogens (tertiary/aromatic N) is 2. The Bertz CT molecular complexity index is 400. The van der Waals surface area contributed by atoms with Gasteiger partial charge in [0.1, 0.15) is 6.54 Å². The molecule has 2 heterocycles. The molecule has 20 heavy (non-hydrogen) atoms. The minimum atomic E-state index is -4.43. The van der Waals surface area contributed by atoms with Crippen LogP contribution in [0.4, 0.5) is 13.2 Å². The van der Waals surface area contributed by atoms with Gasteiger partial charge in [0.25, 0.3) is 0 Å². The van der Waals surface area contributed by atoms with E-state index in [1.807, 2.05) is 0 Å². The van der Waals surface area contributed by atoms with E-state index < -0.39 is 24.5 Å². The van der Waals surface area contributed by atoms with Crippen LogP contribution in [0.5, 0.6) is 0 Å². The van der Waals surface area contributed by atoms with E-state index in [0.29, 0.717) is 18.0 Å². The Balaban J connectivity index is 1.94. The zero-order chi connectivity index (χ0) is 14.9. The van der Waals surface area contributed by atoms with Gasteiger partial charge >= 0.3 is 6.18 Å². The van der Waals surface area contributed by atoms with Gasteiger partial charge in [-0.15, -0.1) is 0 Å². The SMILES string of the molecule is N[C@@H]1CCCN(C(=O)[C@H]2CC(=O)N(CC(F)(F)F)C2)C1. The van der Waals surface area contributed by atoms with Gasteiger partial charge in [0, 0.05) is 32.1 Å². The molecule has 0 radical (unpaired) electrons. The number of amides is 2. The molecule has 0 aromatic heterocycles. The molecule has 2 saturated heterocycles. The molecule has 2 atom stereocenters. The largest absolute Gasteiger partial charge is 0.406 e. The molecule has 2 N–H and O–H groups in total. The first-order chi connectivity index (χ1) is 9.26. The highest BCUT2D eigenvalue weighted by Crippen LogP contribution is 2.25. The zero-order valence-corrected chi connectivity index (χ0v) is 11.0. The van der Waals surface area contributed by atoms with Gasteiger partial charge in [0.05, 0.1) is 5.92 Å². The maximum atomic E-state index is 12.3. The molecule has 114 valence electrons. The van der Waals surface area contributed by atoms with Gasteiger partial charge in [0.2, 0.25) is 11.8 Å². The van der Waals surface area contributed by atoms with E-state index >= 15 is 0 Å². The molecule has 8 heteroatoms. The maximum absolute atomic E-state index is 12.3. The summed E-state index contributed by atoms with van der Waals surface area (Å²) in [4.78, 5) is 26.0. The molecule has 2 aliphatic heterocycles. The molecule has 0 aromatic rings. The van der Waals surface area contributed by atoms with Crippen molar-refractivity contribution in [3.63, 3.8) is 0 Å². The monoisotopic (exact) mass is 293 g/mol. The molecule has 0 aliphatic carbocycles. The number of hydrogen-bond acceptors (Lipinski definition) is 3. The lowest BCUT2D eigenvalue weighted by atomic mass is 10.0. The fraction of sp³-hybridized carbons (Fsp3) is 0.833. The molecule has 0 aromatic carbocycles. The first-order valence-electron chi connectivity index (χ1n) is 6.65. The van der Waals surface area contributed by atoms with Gasteiger partial charge in [-0.2, -0.15) is 13.2 Å². The minimum absolute atomic E-state index is 0.0870. The Morgan fingerprint density at radius 3 is 2.65 bits per heavy atom. The summed E-state index contributed by atoms with van der Waals surface area (Å²) >= 11 is 0. The van der Waals surface area contributed by atoms with E-state index in [4.69, 9.17) is 5.73 Å².